The highest BCUT2D eigenvalue weighted by Crippen LogP contribution is 2.41. The first-order valence-electron chi connectivity index (χ1n) is 11.2. The Morgan fingerprint density at radius 3 is 2.38 bits per heavy atom. The minimum Gasteiger partial charge on any atom is -0.309 e. The molecular weight excluding hydrogens is 406 g/mol. The molecule has 0 amide bonds. The summed E-state index contributed by atoms with van der Waals surface area (Å²) in [6.45, 7) is 0. The van der Waals surface area contributed by atoms with Crippen LogP contribution in [-0.4, -0.2) is 4.57 Å². The van der Waals surface area contributed by atoms with Gasteiger partial charge < -0.3 is 4.57 Å². The van der Waals surface area contributed by atoms with Crippen LogP contribution in [0.2, 0.25) is 0 Å². The molecular formula is C30H21NS. The number of benzene rings is 4. The predicted molar refractivity (Wildman–Crippen MR) is 140 cm³/mol. The van der Waals surface area contributed by atoms with E-state index in [1.165, 1.54) is 58.8 Å². The second kappa shape index (κ2) is 6.94. The van der Waals surface area contributed by atoms with Crippen LogP contribution in [-0.2, 0) is 0 Å². The highest BCUT2D eigenvalue weighted by Gasteiger charge is 2.17. The number of hydrogen-bond acceptors (Lipinski definition) is 1. The molecule has 0 N–H and O–H groups in total. The van der Waals surface area contributed by atoms with Crippen molar-refractivity contribution in [2.45, 2.75) is 12.8 Å². The summed E-state index contributed by atoms with van der Waals surface area (Å²) in [5.41, 5.74) is 6.42. The molecule has 7 rings (SSSR count). The summed E-state index contributed by atoms with van der Waals surface area (Å²) >= 11 is 1.88. The molecule has 1 nitrogen and oxygen atoms in total. The number of rotatable bonds is 2. The van der Waals surface area contributed by atoms with Crippen LogP contribution in [0, 0.1) is 0 Å². The summed E-state index contributed by atoms with van der Waals surface area (Å²) in [7, 11) is 0. The molecule has 2 heteroatoms. The van der Waals surface area contributed by atoms with E-state index in [-0.39, 0.29) is 0 Å². The third-order valence-electron chi connectivity index (χ3n) is 6.62. The van der Waals surface area contributed by atoms with Crippen molar-refractivity contribution in [1.82, 2.24) is 4.57 Å². The molecule has 2 aromatic heterocycles. The van der Waals surface area contributed by atoms with E-state index in [2.05, 4.69) is 108 Å². The number of fused-ring (bicyclic) bond motifs is 6. The molecule has 0 unspecified atom stereocenters. The van der Waals surface area contributed by atoms with Gasteiger partial charge in [0.15, 0.2) is 0 Å². The molecule has 0 bridgehead atoms. The summed E-state index contributed by atoms with van der Waals surface area (Å²) < 4.78 is 5.14. The second-order valence-corrected chi connectivity index (χ2v) is 9.56. The van der Waals surface area contributed by atoms with E-state index in [4.69, 9.17) is 0 Å². The quantitative estimate of drug-likeness (QED) is 0.260. The van der Waals surface area contributed by atoms with Crippen molar-refractivity contribution < 1.29 is 0 Å². The van der Waals surface area contributed by atoms with Gasteiger partial charge in [0.2, 0.25) is 0 Å². The van der Waals surface area contributed by atoms with Crippen molar-refractivity contribution in [3.8, 4) is 5.69 Å². The fraction of sp³-hybridized carbons (Fsp3) is 0.0667. The zero-order valence-corrected chi connectivity index (χ0v) is 18.4. The van der Waals surface area contributed by atoms with E-state index < -0.39 is 0 Å². The van der Waals surface area contributed by atoms with Crippen molar-refractivity contribution in [2.75, 3.05) is 0 Å². The van der Waals surface area contributed by atoms with Crippen molar-refractivity contribution in [3.05, 3.63) is 109 Å². The van der Waals surface area contributed by atoms with Gasteiger partial charge in [-0.15, -0.1) is 11.3 Å². The van der Waals surface area contributed by atoms with E-state index in [1.54, 1.807) is 0 Å². The van der Waals surface area contributed by atoms with Crippen LogP contribution in [0.4, 0.5) is 0 Å². The molecule has 6 aromatic rings. The Morgan fingerprint density at radius 2 is 1.47 bits per heavy atom. The standard InChI is InChI=1S/C30H21NS/c1-2-9-20(10-3-1)21-17-18-26-24(19-21)22-11-4-6-13-25(22)31(26)27-14-8-16-29-30(27)23-12-5-7-15-28(23)32-29/h2,4-19H,1,3H2. The van der Waals surface area contributed by atoms with Crippen LogP contribution >= 0.6 is 11.3 Å². The molecule has 1 aliphatic rings. The predicted octanol–water partition coefficient (Wildman–Crippen LogP) is 8.88. The molecule has 0 fully saturated rings. The molecule has 1 aliphatic carbocycles. The fourth-order valence-corrected chi connectivity index (χ4v) is 6.31. The summed E-state index contributed by atoms with van der Waals surface area (Å²) in [4.78, 5) is 0. The minimum absolute atomic E-state index is 1.12. The Hall–Kier alpha value is -3.62. The Balaban J connectivity index is 1.59. The molecule has 0 saturated carbocycles. The largest absolute Gasteiger partial charge is 0.309 e. The maximum atomic E-state index is 2.46. The maximum absolute atomic E-state index is 2.46. The molecule has 0 atom stereocenters. The Morgan fingerprint density at radius 1 is 0.656 bits per heavy atom. The number of aromatic nitrogens is 1. The molecule has 0 radical (unpaired) electrons. The highest BCUT2D eigenvalue weighted by atomic mass is 32.1. The zero-order chi connectivity index (χ0) is 21.1. The van der Waals surface area contributed by atoms with E-state index in [1.807, 2.05) is 11.3 Å². The molecule has 0 saturated heterocycles. The third-order valence-corrected chi connectivity index (χ3v) is 7.76. The van der Waals surface area contributed by atoms with Crippen LogP contribution in [0.3, 0.4) is 0 Å². The first-order valence-corrected chi connectivity index (χ1v) is 12.0. The number of para-hydroxylation sites is 1. The van der Waals surface area contributed by atoms with E-state index in [9.17, 15) is 0 Å². The smallest absolute Gasteiger partial charge is 0.0555 e. The Bertz CT molecular complexity index is 1720. The van der Waals surface area contributed by atoms with Gasteiger partial charge in [-0.3, -0.25) is 0 Å². The number of thiophene rings is 1. The van der Waals surface area contributed by atoms with Gasteiger partial charge in [0.25, 0.3) is 0 Å². The van der Waals surface area contributed by atoms with E-state index >= 15 is 0 Å². The van der Waals surface area contributed by atoms with Crippen molar-refractivity contribution in [3.63, 3.8) is 0 Å². The molecule has 2 heterocycles. The van der Waals surface area contributed by atoms with Gasteiger partial charge in [0.05, 0.1) is 16.7 Å². The van der Waals surface area contributed by atoms with Crippen LogP contribution in [0.25, 0.3) is 53.2 Å². The number of allylic oxidation sites excluding steroid dienone is 4. The summed E-state index contributed by atoms with van der Waals surface area (Å²) in [5, 5.41) is 5.30. The summed E-state index contributed by atoms with van der Waals surface area (Å²) in [6, 6.07) is 31.3. The van der Waals surface area contributed by atoms with Gasteiger partial charge in [-0.05, 0) is 60.4 Å². The van der Waals surface area contributed by atoms with Crippen LogP contribution < -0.4 is 0 Å². The van der Waals surface area contributed by atoms with Crippen molar-refractivity contribution in [2.24, 2.45) is 0 Å². The first-order chi connectivity index (χ1) is 15.9. The topological polar surface area (TPSA) is 4.93 Å². The van der Waals surface area contributed by atoms with Crippen molar-refractivity contribution in [1.29, 1.82) is 0 Å². The first kappa shape index (κ1) is 18.0. The van der Waals surface area contributed by atoms with Crippen LogP contribution in [0.5, 0.6) is 0 Å². The van der Waals surface area contributed by atoms with E-state index in [0.29, 0.717) is 0 Å². The lowest BCUT2D eigenvalue weighted by molar-refractivity contribution is 1.04. The number of nitrogens with zero attached hydrogens (tertiary/aromatic N) is 1. The summed E-state index contributed by atoms with van der Waals surface area (Å²) in [5.74, 6) is 0. The van der Waals surface area contributed by atoms with E-state index in [0.717, 1.165) is 12.8 Å². The minimum atomic E-state index is 1.12. The molecule has 152 valence electrons. The molecule has 4 aromatic carbocycles. The van der Waals surface area contributed by atoms with Crippen molar-refractivity contribution >= 4 is 58.9 Å². The average molecular weight is 428 g/mol. The SMILES string of the molecule is C1=CC(c2ccc3c(c2)c2ccccc2n3-c2cccc3sc4ccccc4c23)=CCC1. The summed E-state index contributed by atoms with van der Waals surface area (Å²) in [6.07, 6.45) is 9.17. The Kier molecular flexibility index (Phi) is 3.91. The van der Waals surface area contributed by atoms with Gasteiger partial charge in [-0.1, -0.05) is 66.8 Å². The van der Waals surface area contributed by atoms with Gasteiger partial charge >= 0.3 is 0 Å². The molecule has 32 heavy (non-hydrogen) atoms. The van der Waals surface area contributed by atoms with Gasteiger partial charge in [-0.2, -0.15) is 0 Å². The molecule has 0 spiro atoms. The van der Waals surface area contributed by atoms with Crippen LogP contribution in [0.1, 0.15) is 18.4 Å². The van der Waals surface area contributed by atoms with Gasteiger partial charge in [0, 0.05) is 30.9 Å². The Labute approximate surface area is 190 Å². The highest BCUT2D eigenvalue weighted by molar-refractivity contribution is 7.25. The molecule has 0 aliphatic heterocycles. The van der Waals surface area contributed by atoms with Crippen LogP contribution in [0.15, 0.2) is 103 Å². The lowest BCUT2D eigenvalue weighted by atomic mass is 9.98. The third kappa shape index (κ3) is 2.57. The number of hydrogen-bond donors (Lipinski definition) is 0. The van der Waals surface area contributed by atoms with Gasteiger partial charge in [0.1, 0.15) is 0 Å². The maximum Gasteiger partial charge on any atom is 0.0555 e. The monoisotopic (exact) mass is 427 g/mol. The lowest BCUT2D eigenvalue weighted by Gasteiger charge is -2.11. The normalized spacial score (nSPS) is 14.1. The fourth-order valence-electron chi connectivity index (χ4n) is 5.18. The van der Waals surface area contributed by atoms with Gasteiger partial charge in [-0.25, -0.2) is 0 Å². The average Bonchev–Trinajstić information content (AvgIpc) is 3.40. The lowest BCUT2D eigenvalue weighted by Crippen LogP contribution is -1.94. The second-order valence-electron chi connectivity index (χ2n) is 8.47. The zero-order valence-electron chi connectivity index (χ0n) is 17.6.